The van der Waals surface area contributed by atoms with Crippen molar-refractivity contribution in [3.8, 4) is 0 Å². The van der Waals surface area contributed by atoms with E-state index in [9.17, 15) is 4.79 Å². The maximum Gasteiger partial charge on any atom is 0.241 e. The van der Waals surface area contributed by atoms with Crippen molar-refractivity contribution in [3.05, 3.63) is 66.9 Å². The fraction of sp³-hybridized carbons (Fsp3) is 0.273. The molecule has 0 saturated carbocycles. The Hall–Kier alpha value is -2.92. The standard InChI is InChI=1S/C22H24N4O/c1-17(25-13-15-26(16-14-25)18-7-3-2-4-8-18)22(27)24-21-11-5-10-20-19(21)9-6-12-23-20/h2-12,17H,13-16H2,1H3,(H,24,27). The summed E-state index contributed by atoms with van der Waals surface area (Å²) >= 11 is 0. The van der Waals surface area contributed by atoms with Gasteiger partial charge < -0.3 is 10.2 Å². The van der Waals surface area contributed by atoms with Crippen LogP contribution in [0.3, 0.4) is 0 Å². The van der Waals surface area contributed by atoms with Gasteiger partial charge in [-0.15, -0.1) is 0 Å². The third-order valence-corrected chi connectivity index (χ3v) is 5.27. The number of carbonyl (C=O) groups excluding carboxylic acids is 1. The quantitative estimate of drug-likeness (QED) is 0.775. The van der Waals surface area contributed by atoms with E-state index in [1.165, 1.54) is 5.69 Å². The molecular weight excluding hydrogens is 336 g/mol. The number of para-hydroxylation sites is 1. The van der Waals surface area contributed by atoms with Gasteiger partial charge >= 0.3 is 0 Å². The number of amides is 1. The smallest absolute Gasteiger partial charge is 0.241 e. The molecule has 0 aliphatic carbocycles. The molecule has 1 fully saturated rings. The van der Waals surface area contributed by atoms with Gasteiger partial charge in [0.15, 0.2) is 0 Å². The molecule has 5 nitrogen and oxygen atoms in total. The average molecular weight is 360 g/mol. The first-order valence-electron chi connectivity index (χ1n) is 9.41. The monoisotopic (exact) mass is 360 g/mol. The van der Waals surface area contributed by atoms with E-state index in [4.69, 9.17) is 0 Å². The van der Waals surface area contributed by atoms with Gasteiger partial charge in [-0.3, -0.25) is 14.7 Å². The van der Waals surface area contributed by atoms with Crippen LogP contribution in [0.25, 0.3) is 10.9 Å². The van der Waals surface area contributed by atoms with Gasteiger partial charge in [-0.2, -0.15) is 0 Å². The highest BCUT2D eigenvalue weighted by Gasteiger charge is 2.26. The Morgan fingerprint density at radius 1 is 0.963 bits per heavy atom. The van der Waals surface area contributed by atoms with Crippen LogP contribution in [-0.2, 0) is 4.79 Å². The predicted octanol–water partition coefficient (Wildman–Crippen LogP) is 3.38. The van der Waals surface area contributed by atoms with Crippen molar-refractivity contribution in [1.29, 1.82) is 0 Å². The Labute approximate surface area is 159 Å². The molecule has 5 heteroatoms. The second kappa shape index (κ2) is 7.76. The molecule has 2 aromatic carbocycles. The highest BCUT2D eigenvalue weighted by molar-refractivity contribution is 6.02. The molecular formula is C22H24N4O. The summed E-state index contributed by atoms with van der Waals surface area (Å²) in [6, 6.07) is 20.0. The molecule has 1 aromatic heterocycles. The lowest BCUT2D eigenvalue weighted by Crippen LogP contribution is -2.52. The zero-order valence-corrected chi connectivity index (χ0v) is 15.5. The third kappa shape index (κ3) is 3.78. The molecule has 1 N–H and O–H groups in total. The molecule has 3 aromatic rings. The van der Waals surface area contributed by atoms with E-state index >= 15 is 0 Å². The number of hydrogen-bond acceptors (Lipinski definition) is 4. The Morgan fingerprint density at radius 3 is 2.52 bits per heavy atom. The fourth-order valence-corrected chi connectivity index (χ4v) is 3.62. The van der Waals surface area contributed by atoms with Crippen LogP contribution in [0, 0.1) is 0 Å². The van der Waals surface area contributed by atoms with Crippen LogP contribution in [0.4, 0.5) is 11.4 Å². The number of benzene rings is 2. The Balaban J connectivity index is 1.40. The van der Waals surface area contributed by atoms with E-state index in [1.54, 1.807) is 6.20 Å². The number of carbonyl (C=O) groups is 1. The van der Waals surface area contributed by atoms with Crippen molar-refractivity contribution < 1.29 is 4.79 Å². The van der Waals surface area contributed by atoms with E-state index in [1.807, 2.05) is 43.3 Å². The summed E-state index contributed by atoms with van der Waals surface area (Å²) < 4.78 is 0. The summed E-state index contributed by atoms with van der Waals surface area (Å²) in [4.78, 5) is 21.8. The number of fused-ring (bicyclic) bond motifs is 1. The number of nitrogens with zero attached hydrogens (tertiary/aromatic N) is 3. The van der Waals surface area contributed by atoms with E-state index in [2.05, 4.69) is 44.4 Å². The van der Waals surface area contributed by atoms with Crippen molar-refractivity contribution in [1.82, 2.24) is 9.88 Å². The molecule has 0 radical (unpaired) electrons. The Morgan fingerprint density at radius 2 is 1.74 bits per heavy atom. The average Bonchev–Trinajstić information content (AvgIpc) is 2.74. The van der Waals surface area contributed by atoms with Gasteiger partial charge in [-0.25, -0.2) is 0 Å². The molecule has 4 rings (SSSR count). The summed E-state index contributed by atoms with van der Waals surface area (Å²) in [7, 11) is 0. The molecule has 2 heterocycles. The zero-order chi connectivity index (χ0) is 18.6. The molecule has 1 unspecified atom stereocenters. The minimum atomic E-state index is -0.171. The summed E-state index contributed by atoms with van der Waals surface area (Å²) in [5, 5.41) is 4.06. The van der Waals surface area contributed by atoms with Crippen molar-refractivity contribution in [3.63, 3.8) is 0 Å². The molecule has 1 aliphatic heterocycles. The van der Waals surface area contributed by atoms with Gasteiger partial charge in [0.1, 0.15) is 0 Å². The molecule has 1 amide bonds. The highest BCUT2D eigenvalue weighted by atomic mass is 16.2. The maximum absolute atomic E-state index is 12.8. The molecule has 0 bridgehead atoms. The lowest BCUT2D eigenvalue weighted by Gasteiger charge is -2.38. The van der Waals surface area contributed by atoms with Gasteiger partial charge in [0.25, 0.3) is 0 Å². The number of rotatable bonds is 4. The van der Waals surface area contributed by atoms with E-state index in [0.717, 1.165) is 42.8 Å². The number of pyridine rings is 1. The second-order valence-electron chi connectivity index (χ2n) is 6.90. The fourth-order valence-electron chi connectivity index (χ4n) is 3.62. The van der Waals surface area contributed by atoms with Crippen LogP contribution >= 0.6 is 0 Å². The minimum Gasteiger partial charge on any atom is -0.369 e. The van der Waals surface area contributed by atoms with Crippen LogP contribution in [0.1, 0.15) is 6.92 Å². The number of anilines is 2. The number of nitrogens with one attached hydrogen (secondary N) is 1. The van der Waals surface area contributed by atoms with Crippen molar-refractivity contribution in [2.75, 3.05) is 36.4 Å². The molecule has 1 atom stereocenters. The van der Waals surface area contributed by atoms with Crippen LogP contribution < -0.4 is 10.2 Å². The van der Waals surface area contributed by atoms with Crippen molar-refractivity contribution >= 4 is 28.2 Å². The van der Waals surface area contributed by atoms with Gasteiger partial charge in [-0.1, -0.05) is 24.3 Å². The minimum absolute atomic E-state index is 0.0273. The number of hydrogen-bond donors (Lipinski definition) is 1. The summed E-state index contributed by atoms with van der Waals surface area (Å²) in [6.45, 7) is 5.59. The summed E-state index contributed by atoms with van der Waals surface area (Å²) in [5.41, 5.74) is 2.96. The van der Waals surface area contributed by atoms with E-state index in [0.29, 0.717) is 0 Å². The molecule has 1 aliphatic rings. The second-order valence-corrected chi connectivity index (χ2v) is 6.90. The number of aromatic nitrogens is 1. The van der Waals surface area contributed by atoms with E-state index < -0.39 is 0 Å². The first kappa shape index (κ1) is 17.5. The largest absolute Gasteiger partial charge is 0.369 e. The highest BCUT2D eigenvalue weighted by Crippen LogP contribution is 2.22. The summed E-state index contributed by atoms with van der Waals surface area (Å²) in [6.07, 6.45) is 1.77. The third-order valence-electron chi connectivity index (χ3n) is 5.27. The van der Waals surface area contributed by atoms with Gasteiger partial charge in [0, 0.05) is 43.4 Å². The van der Waals surface area contributed by atoms with Crippen molar-refractivity contribution in [2.24, 2.45) is 0 Å². The van der Waals surface area contributed by atoms with Crippen molar-refractivity contribution in [2.45, 2.75) is 13.0 Å². The predicted molar refractivity (Wildman–Crippen MR) is 110 cm³/mol. The van der Waals surface area contributed by atoms with Crippen LogP contribution in [0.5, 0.6) is 0 Å². The zero-order valence-electron chi connectivity index (χ0n) is 15.5. The molecule has 138 valence electrons. The molecule has 0 spiro atoms. The first-order valence-corrected chi connectivity index (χ1v) is 9.41. The van der Waals surface area contributed by atoms with Gasteiger partial charge in [0.2, 0.25) is 5.91 Å². The Kier molecular flexibility index (Phi) is 5.03. The number of piperazine rings is 1. The molecule has 1 saturated heterocycles. The topological polar surface area (TPSA) is 48.5 Å². The molecule has 27 heavy (non-hydrogen) atoms. The lowest BCUT2D eigenvalue weighted by molar-refractivity contribution is -0.120. The Bertz CT molecular complexity index is 915. The summed E-state index contributed by atoms with van der Waals surface area (Å²) in [5.74, 6) is 0.0273. The SMILES string of the molecule is CC(C(=O)Nc1cccc2ncccc12)N1CCN(c2ccccc2)CC1. The first-order chi connectivity index (χ1) is 13.2. The lowest BCUT2D eigenvalue weighted by atomic mass is 10.1. The normalized spacial score (nSPS) is 16.3. The van der Waals surface area contributed by atoms with Gasteiger partial charge in [-0.05, 0) is 43.3 Å². The van der Waals surface area contributed by atoms with E-state index in [-0.39, 0.29) is 11.9 Å². The van der Waals surface area contributed by atoms with Gasteiger partial charge in [0.05, 0.1) is 17.2 Å². The maximum atomic E-state index is 12.8. The van der Waals surface area contributed by atoms with Crippen LogP contribution in [-0.4, -0.2) is 48.0 Å². The van der Waals surface area contributed by atoms with Crippen LogP contribution in [0.2, 0.25) is 0 Å². The van der Waals surface area contributed by atoms with Crippen LogP contribution in [0.15, 0.2) is 66.9 Å².